The van der Waals surface area contributed by atoms with E-state index < -0.39 is 28.7 Å². The first-order valence-electron chi connectivity index (χ1n) is 8.31. The molecule has 0 aliphatic carbocycles. The van der Waals surface area contributed by atoms with Crippen LogP contribution in [0.15, 0.2) is 28.9 Å². The first kappa shape index (κ1) is 19.7. The number of carbonyl (C=O) groups excluding carboxylic acids is 3. The molecule has 2 unspecified atom stereocenters. The molecule has 3 atom stereocenters. The van der Waals surface area contributed by atoms with Crippen LogP contribution < -0.4 is 11.1 Å². The van der Waals surface area contributed by atoms with Crippen LogP contribution in [0.1, 0.15) is 16.7 Å². The Bertz CT molecular complexity index is 837. The van der Waals surface area contributed by atoms with Crippen molar-refractivity contribution in [3.05, 3.63) is 45.6 Å². The van der Waals surface area contributed by atoms with E-state index in [2.05, 4.69) is 5.32 Å². The van der Waals surface area contributed by atoms with Crippen LogP contribution in [0.25, 0.3) is 0 Å². The zero-order valence-corrected chi connectivity index (χ0v) is 16.7. The number of nitrogens with one attached hydrogen (secondary N) is 1. The highest BCUT2D eigenvalue weighted by Crippen LogP contribution is 2.44. The second kappa shape index (κ2) is 7.53. The van der Waals surface area contributed by atoms with Crippen LogP contribution >= 0.6 is 23.4 Å². The lowest BCUT2D eigenvalue weighted by atomic mass is 10.0. The monoisotopic (exact) mass is 409 g/mol. The van der Waals surface area contributed by atoms with E-state index in [1.807, 2.05) is 32.0 Å². The molecule has 1 fully saturated rings. The van der Waals surface area contributed by atoms with E-state index in [1.165, 1.54) is 23.8 Å². The summed E-state index contributed by atoms with van der Waals surface area (Å²) in [6.07, 6.45) is 0.177. The highest BCUT2D eigenvalue weighted by Gasteiger charge is 2.54. The number of amides is 2. The van der Waals surface area contributed by atoms with Crippen LogP contribution in [0.3, 0.4) is 0 Å². The van der Waals surface area contributed by atoms with Gasteiger partial charge in [0.05, 0.1) is 18.6 Å². The van der Waals surface area contributed by atoms with Crippen molar-refractivity contribution in [3.63, 3.8) is 0 Å². The average Bonchev–Trinajstić information content (AvgIpc) is 2.60. The van der Waals surface area contributed by atoms with Crippen LogP contribution in [0.5, 0.6) is 0 Å². The largest absolute Gasteiger partial charge is 0.464 e. The van der Waals surface area contributed by atoms with Crippen LogP contribution in [0.2, 0.25) is 0 Å². The summed E-state index contributed by atoms with van der Waals surface area (Å²) in [5.74, 6) is -1.38. The zero-order chi connectivity index (χ0) is 19.9. The zero-order valence-electron chi connectivity index (χ0n) is 15.1. The predicted octanol–water partition coefficient (Wildman–Crippen LogP) is 1.15. The smallest absolute Gasteiger partial charge is 0.356 e. The summed E-state index contributed by atoms with van der Waals surface area (Å²) >= 11 is 7.56. The number of fused-ring (bicyclic) bond motifs is 1. The van der Waals surface area contributed by atoms with Crippen molar-refractivity contribution in [2.45, 2.75) is 37.1 Å². The van der Waals surface area contributed by atoms with Gasteiger partial charge in [-0.3, -0.25) is 14.5 Å². The molecule has 1 aromatic rings. The minimum Gasteiger partial charge on any atom is -0.464 e. The lowest BCUT2D eigenvalue weighted by molar-refractivity contribution is -0.149. The minimum atomic E-state index is -0.752. The van der Waals surface area contributed by atoms with Gasteiger partial charge >= 0.3 is 5.97 Å². The van der Waals surface area contributed by atoms with Gasteiger partial charge in [-0.15, -0.1) is 11.8 Å². The summed E-state index contributed by atoms with van der Waals surface area (Å²) in [5, 5.41) is 1.72. The fourth-order valence-corrected chi connectivity index (χ4v) is 4.95. The lowest BCUT2D eigenvalue weighted by Gasteiger charge is -2.49. The van der Waals surface area contributed by atoms with Gasteiger partial charge in [0, 0.05) is 0 Å². The molecule has 27 heavy (non-hydrogen) atoms. The standard InChI is InChI=1S/C18H20ClN3O4S/c1-8-4-9(2)6-10(5-8)7-11(23)21-15-12(19)14(18(25)26-3)22-16(24)13(20)17(22)27-15/h4-6,13,15,17H,7,20H2,1-3H3,(H,21,23)/t13?,15?,17-/m1/s1. The third-order valence-electron chi connectivity index (χ3n) is 4.37. The fraction of sp³-hybridized carbons (Fsp3) is 0.389. The number of nitrogens with zero attached hydrogens (tertiary/aromatic N) is 1. The minimum absolute atomic E-state index is 0.0529. The molecule has 2 aliphatic heterocycles. The van der Waals surface area contributed by atoms with E-state index in [9.17, 15) is 14.4 Å². The number of thioether (sulfide) groups is 1. The maximum Gasteiger partial charge on any atom is 0.356 e. The summed E-state index contributed by atoms with van der Waals surface area (Å²) in [4.78, 5) is 37.8. The summed E-state index contributed by atoms with van der Waals surface area (Å²) in [5.41, 5.74) is 8.80. The number of hydrogen-bond acceptors (Lipinski definition) is 6. The van der Waals surface area contributed by atoms with E-state index in [4.69, 9.17) is 22.1 Å². The van der Waals surface area contributed by atoms with Gasteiger partial charge in [-0.05, 0) is 19.4 Å². The molecule has 0 aromatic heterocycles. The Morgan fingerprint density at radius 3 is 2.52 bits per heavy atom. The van der Waals surface area contributed by atoms with Crippen LogP contribution in [-0.2, 0) is 25.5 Å². The first-order valence-corrected chi connectivity index (χ1v) is 9.63. The highest BCUT2D eigenvalue weighted by molar-refractivity contribution is 8.01. The van der Waals surface area contributed by atoms with Crippen molar-refractivity contribution in [1.29, 1.82) is 0 Å². The van der Waals surface area contributed by atoms with Crippen molar-refractivity contribution < 1.29 is 19.1 Å². The Morgan fingerprint density at radius 2 is 1.93 bits per heavy atom. The molecule has 0 spiro atoms. The number of methoxy groups -OCH3 is 1. The first-order chi connectivity index (χ1) is 12.7. The van der Waals surface area contributed by atoms with Gasteiger partial charge in [-0.1, -0.05) is 40.9 Å². The molecule has 1 aromatic carbocycles. The van der Waals surface area contributed by atoms with E-state index in [-0.39, 0.29) is 23.1 Å². The molecule has 2 aliphatic rings. The molecule has 3 N–H and O–H groups in total. The predicted molar refractivity (Wildman–Crippen MR) is 103 cm³/mol. The maximum absolute atomic E-state index is 12.5. The molecule has 144 valence electrons. The Balaban J connectivity index is 1.80. The van der Waals surface area contributed by atoms with Gasteiger partial charge < -0.3 is 15.8 Å². The molecule has 9 heteroatoms. The number of β-lactam (4-membered cyclic amide) rings is 1. The van der Waals surface area contributed by atoms with Crippen molar-refractivity contribution in [2.24, 2.45) is 5.73 Å². The lowest BCUT2D eigenvalue weighted by Crippen LogP contribution is -2.69. The molecule has 7 nitrogen and oxygen atoms in total. The number of ether oxygens (including phenoxy) is 1. The maximum atomic E-state index is 12.5. The SMILES string of the molecule is COC(=O)C1=C(Cl)C(NC(=O)Cc2cc(C)cc(C)c2)S[C@@H]2C(N)C(=O)N12. The Morgan fingerprint density at radius 1 is 1.30 bits per heavy atom. The van der Waals surface area contributed by atoms with Gasteiger partial charge in [-0.2, -0.15) is 0 Å². The molecule has 2 heterocycles. The molecule has 2 amide bonds. The van der Waals surface area contributed by atoms with E-state index in [0.29, 0.717) is 0 Å². The topological polar surface area (TPSA) is 102 Å². The Hall–Kier alpha value is -2.03. The second-order valence-electron chi connectivity index (χ2n) is 6.57. The molecule has 0 radical (unpaired) electrons. The second-order valence-corrected chi connectivity index (χ2v) is 8.20. The number of benzene rings is 1. The summed E-state index contributed by atoms with van der Waals surface area (Å²) in [6, 6.07) is 5.17. The number of nitrogens with two attached hydrogens (primary N) is 1. The number of hydrogen-bond donors (Lipinski definition) is 2. The molecule has 3 rings (SSSR count). The summed E-state index contributed by atoms with van der Waals surface area (Å²) < 4.78 is 4.73. The number of esters is 1. The van der Waals surface area contributed by atoms with E-state index in [1.54, 1.807) is 0 Å². The van der Waals surface area contributed by atoms with Crippen LogP contribution in [0.4, 0.5) is 0 Å². The Labute approximate surface area is 166 Å². The van der Waals surface area contributed by atoms with E-state index in [0.717, 1.165) is 16.7 Å². The van der Waals surface area contributed by atoms with Crippen molar-refractivity contribution in [3.8, 4) is 0 Å². The van der Waals surface area contributed by atoms with Crippen molar-refractivity contribution in [1.82, 2.24) is 10.2 Å². The fourth-order valence-electron chi connectivity index (χ4n) is 3.25. The van der Waals surface area contributed by atoms with Gasteiger partial charge in [0.15, 0.2) is 0 Å². The molecule has 0 saturated carbocycles. The third-order valence-corrected chi connectivity index (χ3v) is 6.31. The van der Waals surface area contributed by atoms with E-state index >= 15 is 0 Å². The van der Waals surface area contributed by atoms with Crippen LogP contribution in [0, 0.1) is 13.8 Å². The quantitative estimate of drug-likeness (QED) is 0.571. The molecular weight excluding hydrogens is 390 g/mol. The van der Waals surface area contributed by atoms with Crippen molar-refractivity contribution in [2.75, 3.05) is 7.11 Å². The number of rotatable bonds is 4. The molecule has 1 saturated heterocycles. The molecule has 0 bridgehead atoms. The highest BCUT2D eigenvalue weighted by atomic mass is 35.5. The summed E-state index contributed by atoms with van der Waals surface area (Å²) in [7, 11) is 1.20. The molecular formula is C18H20ClN3O4S. The van der Waals surface area contributed by atoms with Gasteiger partial charge in [0.2, 0.25) is 11.8 Å². The van der Waals surface area contributed by atoms with Gasteiger partial charge in [0.1, 0.15) is 22.5 Å². The number of halogens is 1. The normalized spacial score (nSPS) is 24.3. The Kier molecular flexibility index (Phi) is 5.50. The third kappa shape index (κ3) is 3.69. The van der Waals surface area contributed by atoms with Crippen LogP contribution in [-0.4, -0.2) is 46.6 Å². The van der Waals surface area contributed by atoms with Gasteiger partial charge in [-0.25, -0.2) is 4.79 Å². The summed E-state index contributed by atoms with van der Waals surface area (Å²) in [6.45, 7) is 3.94. The van der Waals surface area contributed by atoms with Gasteiger partial charge in [0.25, 0.3) is 0 Å². The number of carbonyl (C=O) groups is 3. The number of aryl methyl sites for hydroxylation is 2. The van der Waals surface area contributed by atoms with Crippen molar-refractivity contribution >= 4 is 41.1 Å². The average molecular weight is 410 g/mol.